The van der Waals surface area contributed by atoms with Gasteiger partial charge in [0.25, 0.3) is 11.5 Å². The molecule has 10 heteroatoms. The predicted octanol–water partition coefficient (Wildman–Crippen LogP) is 3.48. The number of nitrogens with one attached hydrogen (secondary N) is 2. The molecule has 0 saturated carbocycles. The van der Waals surface area contributed by atoms with E-state index in [4.69, 9.17) is 0 Å². The zero-order chi connectivity index (χ0) is 28.2. The molecule has 40 heavy (non-hydrogen) atoms. The minimum Gasteiger partial charge on any atom is -0.392 e. The Kier molecular flexibility index (Phi) is 6.31. The van der Waals surface area contributed by atoms with E-state index in [9.17, 15) is 14.7 Å². The van der Waals surface area contributed by atoms with Crippen LogP contribution in [0.5, 0.6) is 0 Å². The molecule has 0 radical (unpaired) electrons. The van der Waals surface area contributed by atoms with Crippen LogP contribution in [0.15, 0.2) is 59.5 Å². The molecule has 0 bridgehead atoms. The van der Waals surface area contributed by atoms with Crippen molar-refractivity contribution in [3.63, 3.8) is 0 Å². The molecule has 2 aliphatic heterocycles. The average molecular weight is 540 g/mol. The summed E-state index contributed by atoms with van der Waals surface area (Å²) in [6.07, 6.45) is 1.89. The van der Waals surface area contributed by atoms with Gasteiger partial charge < -0.3 is 20.6 Å². The van der Waals surface area contributed by atoms with Gasteiger partial charge >= 0.3 is 0 Å². The minimum atomic E-state index is -0.301. The third-order valence-electron chi connectivity index (χ3n) is 7.72. The van der Waals surface area contributed by atoms with E-state index >= 15 is 0 Å². The highest BCUT2D eigenvalue weighted by Crippen LogP contribution is 2.37. The number of hydrogen-bond acceptors (Lipinski definition) is 7. The zero-order valence-corrected chi connectivity index (χ0v) is 23.1. The monoisotopic (exact) mass is 539 g/mol. The third kappa shape index (κ3) is 4.48. The van der Waals surface area contributed by atoms with Crippen LogP contribution in [0.25, 0.3) is 11.3 Å². The first-order valence-electron chi connectivity index (χ1n) is 13.4. The second-order valence-corrected chi connectivity index (χ2v) is 11.5. The van der Waals surface area contributed by atoms with Gasteiger partial charge in [-0.2, -0.15) is 10.2 Å². The highest BCUT2D eigenvalue weighted by atomic mass is 16.3. The summed E-state index contributed by atoms with van der Waals surface area (Å²) < 4.78 is 3.15. The van der Waals surface area contributed by atoms with E-state index in [1.54, 1.807) is 18.0 Å². The molecule has 2 aromatic carbocycles. The maximum atomic E-state index is 13.5. The molecule has 4 aromatic rings. The van der Waals surface area contributed by atoms with Gasteiger partial charge in [0.15, 0.2) is 5.82 Å². The van der Waals surface area contributed by atoms with Crippen molar-refractivity contribution < 1.29 is 9.90 Å². The van der Waals surface area contributed by atoms with E-state index in [1.165, 1.54) is 10.2 Å². The second kappa shape index (κ2) is 9.72. The number of nitrogens with zero attached hydrogens (tertiary/aromatic N) is 5. The summed E-state index contributed by atoms with van der Waals surface area (Å²) >= 11 is 0. The van der Waals surface area contributed by atoms with Gasteiger partial charge in [-0.3, -0.25) is 14.3 Å². The highest BCUT2D eigenvalue weighted by molar-refractivity contribution is 6.10. The molecule has 206 valence electrons. The van der Waals surface area contributed by atoms with Gasteiger partial charge in [-0.25, -0.2) is 4.68 Å². The number of fused-ring (bicyclic) bond motifs is 1. The Bertz CT molecular complexity index is 1680. The van der Waals surface area contributed by atoms with Gasteiger partial charge in [-0.1, -0.05) is 45.0 Å². The Morgan fingerprint density at radius 3 is 2.55 bits per heavy atom. The molecule has 1 saturated heterocycles. The first-order chi connectivity index (χ1) is 19.1. The summed E-state index contributed by atoms with van der Waals surface area (Å²) in [5, 5.41) is 25.9. The summed E-state index contributed by atoms with van der Waals surface area (Å²) in [5.74, 6) is 0.461. The molecule has 2 aromatic heterocycles. The molecule has 10 nitrogen and oxygen atoms in total. The van der Waals surface area contributed by atoms with Gasteiger partial charge in [0.1, 0.15) is 5.69 Å². The van der Waals surface area contributed by atoms with Crippen molar-refractivity contribution in [2.45, 2.75) is 45.4 Å². The maximum absolute atomic E-state index is 13.5. The lowest BCUT2D eigenvalue weighted by Gasteiger charge is -2.27. The van der Waals surface area contributed by atoms with Crippen LogP contribution in [-0.4, -0.2) is 43.7 Å². The number of hydrogen-bond donors (Lipinski definition) is 3. The quantitative estimate of drug-likeness (QED) is 0.343. The van der Waals surface area contributed by atoms with Crippen LogP contribution in [0.3, 0.4) is 0 Å². The molecule has 0 atom stereocenters. The fourth-order valence-electron chi connectivity index (χ4n) is 5.25. The van der Waals surface area contributed by atoms with Crippen LogP contribution in [0.2, 0.25) is 0 Å². The molecular weight excluding hydrogens is 506 g/mol. The van der Waals surface area contributed by atoms with Gasteiger partial charge in [-0.05, 0) is 34.7 Å². The number of anilines is 3. The van der Waals surface area contributed by atoms with Gasteiger partial charge in [0.2, 0.25) is 0 Å². The van der Waals surface area contributed by atoms with E-state index in [1.807, 2.05) is 47.3 Å². The largest absolute Gasteiger partial charge is 0.392 e. The number of aliphatic hydroxyl groups excluding tert-OH is 1. The Labute approximate surface area is 232 Å². The molecule has 0 aliphatic carbocycles. The topological polar surface area (TPSA) is 117 Å². The van der Waals surface area contributed by atoms with E-state index in [0.29, 0.717) is 52.2 Å². The molecule has 0 unspecified atom stereocenters. The van der Waals surface area contributed by atoms with Gasteiger partial charge in [0, 0.05) is 49.1 Å². The fraction of sp³-hybridized carbons (Fsp3) is 0.333. The number of aromatic nitrogens is 4. The van der Waals surface area contributed by atoms with Crippen molar-refractivity contribution in [2.24, 2.45) is 7.05 Å². The van der Waals surface area contributed by atoms with Crippen LogP contribution in [0.1, 0.15) is 53.9 Å². The van der Waals surface area contributed by atoms with Crippen LogP contribution in [0, 0.1) is 0 Å². The second-order valence-electron chi connectivity index (χ2n) is 11.5. The zero-order valence-electron chi connectivity index (χ0n) is 23.1. The smallest absolute Gasteiger partial charge is 0.290 e. The summed E-state index contributed by atoms with van der Waals surface area (Å²) in [6.45, 7) is 8.30. The Balaban J connectivity index is 1.35. The average Bonchev–Trinajstić information content (AvgIpc) is 3.48. The standard InChI is InChI=1S/C30H33N7O3/c1-30(2,3)19-8-9-21-18(12-19)16-36(28(21)39)26-7-5-6-22(23(26)17-38)24-13-25(29(40)35(4)33-24)32-27-10-11-37(34-27)20-14-31-15-20/h5-13,20,31,38H,14-17H2,1-4H3,(H,32,34). The summed E-state index contributed by atoms with van der Waals surface area (Å²) in [6, 6.07) is 15.3. The number of benzene rings is 2. The van der Waals surface area contributed by atoms with Crippen molar-refractivity contribution in [3.8, 4) is 11.3 Å². The molecule has 0 spiro atoms. The van der Waals surface area contributed by atoms with E-state index in [-0.39, 0.29) is 23.5 Å². The van der Waals surface area contributed by atoms with Crippen molar-refractivity contribution in [2.75, 3.05) is 23.3 Å². The van der Waals surface area contributed by atoms with Gasteiger partial charge in [0.05, 0.1) is 30.6 Å². The van der Waals surface area contributed by atoms with Crippen molar-refractivity contribution in [1.82, 2.24) is 24.9 Å². The lowest BCUT2D eigenvalue weighted by Crippen LogP contribution is -2.43. The number of amides is 1. The molecule has 1 amide bonds. The minimum absolute atomic E-state index is 0.0329. The number of aryl methyl sites for hydroxylation is 1. The van der Waals surface area contributed by atoms with Crippen LogP contribution < -0.4 is 21.1 Å². The summed E-state index contributed by atoms with van der Waals surface area (Å²) in [4.78, 5) is 28.1. The number of carbonyl (C=O) groups is 1. The van der Waals surface area contributed by atoms with Crippen LogP contribution in [0.4, 0.5) is 17.2 Å². The SMILES string of the molecule is Cn1nc(-c2cccc(N3Cc4cc(C(C)(C)C)ccc4C3=O)c2CO)cc(Nc2ccn(C3CNC3)n2)c1=O. The van der Waals surface area contributed by atoms with Gasteiger partial charge in [-0.15, -0.1) is 0 Å². The number of rotatable bonds is 6. The normalized spacial score (nSPS) is 15.3. The number of aliphatic hydroxyl groups is 1. The lowest BCUT2D eigenvalue weighted by molar-refractivity contribution is 0.0996. The van der Waals surface area contributed by atoms with Crippen molar-refractivity contribution in [3.05, 3.63) is 87.3 Å². The van der Waals surface area contributed by atoms with Crippen molar-refractivity contribution in [1.29, 1.82) is 0 Å². The first kappa shape index (κ1) is 26.0. The predicted molar refractivity (Wildman–Crippen MR) is 154 cm³/mol. The molecule has 3 N–H and O–H groups in total. The fourth-order valence-corrected chi connectivity index (χ4v) is 5.25. The number of carbonyl (C=O) groups excluding carboxylic acids is 1. The molecule has 1 fully saturated rings. The van der Waals surface area contributed by atoms with Crippen LogP contribution >= 0.6 is 0 Å². The van der Waals surface area contributed by atoms with E-state index in [0.717, 1.165) is 18.7 Å². The highest BCUT2D eigenvalue weighted by Gasteiger charge is 2.32. The van der Waals surface area contributed by atoms with E-state index < -0.39 is 0 Å². The summed E-state index contributed by atoms with van der Waals surface area (Å²) in [5.41, 5.74) is 5.12. The lowest BCUT2D eigenvalue weighted by atomic mass is 9.85. The van der Waals surface area contributed by atoms with E-state index in [2.05, 4.69) is 47.7 Å². The first-order valence-corrected chi connectivity index (χ1v) is 13.4. The Morgan fingerprint density at radius 1 is 1.05 bits per heavy atom. The molecule has 2 aliphatic rings. The molecular formula is C30H33N7O3. The van der Waals surface area contributed by atoms with Crippen LogP contribution in [-0.2, 0) is 25.6 Å². The molecule has 6 rings (SSSR count). The summed E-state index contributed by atoms with van der Waals surface area (Å²) in [7, 11) is 1.59. The van der Waals surface area contributed by atoms with Crippen molar-refractivity contribution >= 4 is 23.1 Å². The Hall–Kier alpha value is -4.28. The third-order valence-corrected chi connectivity index (χ3v) is 7.72. The Morgan fingerprint density at radius 2 is 1.85 bits per heavy atom. The molecule has 4 heterocycles. The maximum Gasteiger partial charge on any atom is 0.290 e.